The van der Waals surface area contributed by atoms with E-state index in [2.05, 4.69) is 36.4 Å². The molecule has 2 amide bonds. The van der Waals surface area contributed by atoms with Gasteiger partial charge in [-0.15, -0.1) is 0 Å². The summed E-state index contributed by atoms with van der Waals surface area (Å²) in [5.41, 5.74) is 2.69. The number of hydrogen-bond donors (Lipinski definition) is 0. The molecule has 34 heavy (non-hydrogen) atoms. The molecule has 0 aromatic heterocycles. The number of imide groups is 1. The molecule has 0 spiro atoms. The van der Waals surface area contributed by atoms with E-state index >= 15 is 0 Å². The summed E-state index contributed by atoms with van der Waals surface area (Å²) >= 11 is 0. The van der Waals surface area contributed by atoms with Crippen molar-refractivity contribution in [3.63, 3.8) is 0 Å². The normalized spacial score (nSPS) is 26.2. The van der Waals surface area contributed by atoms with Crippen LogP contribution in [-0.4, -0.2) is 29.4 Å². The fraction of sp³-hybridized carbons (Fsp3) is 0.333. The average Bonchev–Trinajstić information content (AvgIpc) is 3.61. The molecule has 4 atom stereocenters. The monoisotopic (exact) mass is 451 g/mol. The summed E-state index contributed by atoms with van der Waals surface area (Å²) in [6.07, 6.45) is 3.56. The van der Waals surface area contributed by atoms with Gasteiger partial charge < -0.3 is 4.74 Å². The fourth-order valence-electron chi connectivity index (χ4n) is 6.22. The van der Waals surface area contributed by atoms with Crippen LogP contribution in [0.3, 0.4) is 0 Å². The van der Waals surface area contributed by atoms with Crippen molar-refractivity contribution in [3.05, 3.63) is 108 Å². The Balaban J connectivity index is 1.39. The molecule has 4 nitrogen and oxygen atoms in total. The van der Waals surface area contributed by atoms with Gasteiger partial charge in [0.2, 0.25) is 11.8 Å². The van der Waals surface area contributed by atoms with Gasteiger partial charge >= 0.3 is 0 Å². The smallest absolute Gasteiger partial charge is 0.233 e. The van der Waals surface area contributed by atoms with Gasteiger partial charge in [-0.1, -0.05) is 104 Å². The maximum Gasteiger partial charge on any atom is 0.233 e. The van der Waals surface area contributed by atoms with Crippen LogP contribution in [0.25, 0.3) is 0 Å². The number of carbonyl (C=O) groups is 2. The van der Waals surface area contributed by atoms with Gasteiger partial charge in [-0.2, -0.15) is 0 Å². The van der Waals surface area contributed by atoms with Crippen LogP contribution >= 0.6 is 0 Å². The largest absolute Gasteiger partial charge is 0.355 e. The average molecular weight is 452 g/mol. The van der Waals surface area contributed by atoms with Gasteiger partial charge in [-0.3, -0.25) is 14.5 Å². The number of benzene rings is 3. The Labute approximate surface area is 200 Å². The first kappa shape index (κ1) is 21.3. The second-order valence-electron chi connectivity index (χ2n) is 9.81. The lowest BCUT2D eigenvalue weighted by Gasteiger charge is -2.24. The van der Waals surface area contributed by atoms with Crippen molar-refractivity contribution in [1.82, 2.24) is 4.90 Å². The van der Waals surface area contributed by atoms with Crippen molar-refractivity contribution in [2.24, 2.45) is 11.8 Å². The maximum absolute atomic E-state index is 13.3. The molecule has 3 aliphatic rings. The lowest BCUT2D eigenvalue weighted by atomic mass is 9.81. The van der Waals surface area contributed by atoms with Crippen LogP contribution in [0.2, 0.25) is 0 Å². The molecule has 2 aliphatic heterocycles. The van der Waals surface area contributed by atoms with Crippen LogP contribution in [-0.2, 0) is 19.9 Å². The molecule has 0 N–H and O–H groups in total. The van der Waals surface area contributed by atoms with Crippen LogP contribution < -0.4 is 0 Å². The van der Waals surface area contributed by atoms with Crippen LogP contribution in [0.5, 0.6) is 0 Å². The van der Waals surface area contributed by atoms with Crippen molar-refractivity contribution in [3.8, 4) is 0 Å². The Hall–Kier alpha value is -3.24. The first-order chi connectivity index (χ1) is 16.7. The minimum absolute atomic E-state index is 0.0151. The molecule has 4 heteroatoms. The standard InChI is InChI=1S/C30H29NO3/c32-28-24-18-10-11-19-25(24)29(33)31(28)20-26(21-12-4-1-5-13-21)27-30(34-27,22-14-6-2-7-15-22)23-16-8-3-9-17-23/h1-9,12-17,24-27H,10-11,18-20H2. The number of hydrogen-bond acceptors (Lipinski definition) is 3. The zero-order valence-corrected chi connectivity index (χ0v) is 19.2. The molecule has 4 unspecified atom stereocenters. The van der Waals surface area contributed by atoms with Crippen LogP contribution in [0.15, 0.2) is 91.0 Å². The van der Waals surface area contributed by atoms with Gasteiger partial charge in [0.25, 0.3) is 0 Å². The molecule has 3 aromatic rings. The second kappa shape index (κ2) is 8.52. The molecule has 0 radical (unpaired) electrons. The SMILES string of the molecule is O=C1C2CCCCC2C(=O)N1CC(c1ccccc1)C1OC1(c1ccccc1)c1ccccc1. The number of rotatable bonds is 6. The predicted octanol–water partition coefficient (Wildman–Crippen LogP) is 5.29. The van der Waals surface area contributed by atoms with Gasteiger partial charge in [0.15, 0.2) is 0 Å². The first-order valence-corrected chi connectivity index (χ1v) is 12.4. The number of fused-ring (bicyclic) bond motifs is 1. The maximum atomic E-state index is 13.3. The van der Waals surface area contributed by atoms with Crippen LogP contribution in [0, 0.1) is 11.8 Å². The Bertz CT molecular complexity index is 1110. The fourth-order valence-corrected chi connectivity index (χ4v) is 6.22. The van der Waals surface area contributed by atoms with E-state index in [1.165, 1.54) is 0 Å². The number of nitrogens with zero attached hydrogens (tertiary/aromatic N) is 1. The first-order valence-electron chi connectivity index (χ1n) is 12.4. The molecule has 2 heterocycles. The van der Waals surface area contributed by atoms with E-state index in [1.807, 2.05) is 54.6 Å². The van der Waals surface area contributed by atoms with E-state index in [4.69, 9.17) is 4.74 Å². The van der Waals surface area contributed by atoms with Gasteiger partial charge in [-0.05, 0) is 29.5 Å². The van der Waals surface area contributed by atoms with Gasteiger partial charge in [0.05, 0.1) is 11.8 Å². The van der Waals surface area contributed by atoms with Crippen molar-refractivity contribution in [2.45, 2.75) is 43.3 Å². The summed E-state index contributed by atoms with van der Waals surface area (Å²) in [6.45, 7) is 0.362. The minimum Gasteiger partial charge on any atom is -0.355 e. The van der Waals surface area contributed by atoms with Crippen molar-refractivity contribution in [1.29, 1.82) is 0 Å². The van der Waals surface area contributed by atoms with E-state index in [1.54, 1.807) is 4.90 Å². The van der Waals surface area contributed by atoms with Crippen molar-refractivity contribution >= 4 is 11.8 Å². The molecule has 2 saturated heterocycles. The zero-order chi connectivity index (χ0) is 23.1. The summed E-state index contributed by atoms with van der Waals surface area (Å²) in [6, 6.07) is 30.8. The Morgan fingerprint density at radius 2 is 1.21 bits per heavy atom. The second-order valence-corrected chi connectivity index (χ2v) is 9.81. The molecular weight excluding hydrogens is 422 g/mol. The lowest BCUT2D eigenvalue weighted by molar-refractivity contribution is -0.140. The lowest BCUT2D eigenvalue weighted by Crippen LogP contribution is -2.37. The number of amides is 2. The van der Waals surface area contributed by atoms with E-state index in [0.717, 1.165) is 42.4 Å². The van der Waals surface area contributed by atoms with Gasteiger partial charge in [0, 0.05) is 12.5 Å². The van der Waals surface area contributed by atoms with Crippen molar-refractivity contribution in [2.75, 3.05) is 6.54 Å². The highest BCUT2D eigenvalue weighted by atomic mass is 16.6. The van der Waals surface area contributed by atoms with Crippen LogP contribution in [0.1, 0.15) is 48.3 Å². The molecular formula is C30H29NO3. The van der Waals surface area contributed by atoms with Crippen molar-refractivity contribution < 1.29 is 14.3 Å². The summed E-state index contributed by atoms with van der Waals surface area (Å²) in [5.74, 6) is -0.353. The number of epoxide rings is 1. The Morgan fingerprint density at radius 1 is 0.735 bits per heavy atom. The van der Waals surface area contributed by atoms with Crippen LogP contribution in [0.4, 0.5) is 0 Å². The third-order valence-corrected chi connectivity index (χ3v) is 7.97. The zero-order valence-electron chi connectivity index (χ0n) is 19.2. The third kappa shape index (κ3) is 3.40. The minimum atomic E-state index is -0.596. The predicted molar refractivity (Wildman–Crippen MR) is 130 cm³/mol. The molecule has 3 aromatic carbocycles. The van der Waals surface area contributed by atoms with Gasteiger partial charge in [0.1, 0.15) is 11.7 Å². The quantitative estimate of drug-likeness (QED) is 0.378. The number of likely N-dealkylation sites (tertiary alicyclic amines) is 1. The molecule has 1 aliphatic carbocycles. The Morgan fingerprint density at radius 3 is 1.71 bits per heavy atom. The highest BCUT2D eigenvalue weighted by Gasteiger charge is 2.63. The topological polar surface area (TPSA) is 49.9 Å². The summed E-state index contributed by atoms with van der Waals surface area (Å²) in [4.78, 5) is 28.2. The van der Waals surface area contributed by atoms with E-state index in [0.29, 0.717) is 6.54 Å². The number of carbonyl (C=O) groups excluding carboxylic acids is 2. The molecule has 0 bridgehead atoms. The summed E-state index contributed by atoms with van der Waals surface area (Å²) < 4.78 is 6.64. The summed E-state index contributed by atoms with van der Waals surface area (Å²) in [5, 5.41) is 0. The summed E-state index contributed by atoms with van der Waals surface area (Å²) in [7, 11) is 0. The third-order valence-electron chi connectivity index (χ3n) is 7.97. The van der Waals surface area contributed by atoms with Gasteiger partial charge in [-0.25, -0.2) is 0 Å². The highest BCUT2D eigenvalue weighted by molar-refractivity contribution is 6.05. The number of ether oxygens (including phenoxy) is 1. The molecule has 3 fully saturated rings. The molecule has 172 valence electrons. The Kier molecular flexibility index (Phi) is 5.34. The van der Waals surface area contributed by atoms with E-state index in [9.17, 15) is 9.59 Å². The van der Waals surface area contributed by atoms with E-state index in [-0.39, 0.29) is 35.7 Å². The molecule has 6 rings (SSSR count). The molecule has 1 saturated carbocycles. The van der Waals surface area contributed by atoms with E-state index < -0.39 is 5.60 Å². The highest BCUT2D eigenvalue weighted by Crippen LogP contribution is 2.57.